The molecule has 1 unspecified atom stereocenters. The molecule has 96 valence electrons. The first-order chi connectivity index (χ1) is 8.13. The van der Waals surface area contributed by atoms with Crippen LogP contribution >= 0.6 is 11.8 Å². The summed E-state index contributed by atoms with van der Waals surface area (Å²) in [4.78, 5) is 0. The molecule has 0 bridgehead atoms. The topological polar surface area (TPSA) is 26.0 Å². The Morgan fingerprint density at radius 3 is 2.29 bits per heavy atom. The molecule has 0 aliphatic rings. The summed E-state index contributed by atoms with van der Waals surface area (Å²) >= 11 is 1.95. The SMILES string of the molecule is CCCc1ccc(C(N)CSCC(C)C)cc1. The lowest BCUT2D eigenvalue weighted by Gasteiger charge is -2.13. The molecular weight excluding hydrogens is 226 g/mol. The Balaban J connectivity index is 2.43. The van der Waals surface area contributed by atoms with E-state index in [-0.39, 0.29) is 6.04 Å². The van der Waals surface area contributed by atoms with Crippen LogP contribution in [0.25, 0.3) is 0 Å². The second-order valence-electron chi connectivity index (χ2n) is 5.03. The van der Waals surface area contributed by atoms with Gasteiger partial charge < -0.3 is 5.73 Å². The van der Waals surface area contributed by atoms with Gasteiger partial charge in [0, 0.05) is 11.8 Å². The van der Waals surface area contributed by atoms with Gasteiger partial charge in [0.1, 0.15) is 0 Å². The first-order valence-corrected chi connectivity index (χ1v) is 7.71. The van der Waals surface area contributed by atoms with Crippen molar-refractivity contribution in [1.82, 2.24) is 0 Å². The number of hydrogen-bond acceptors (Lipinski definition) is 2. The highest BCUT2D eigenvalue weighted by Gasteiger charge is 2.06. The van der Waals surface area contributed by atoms with Crippen molar-refractivity contribution in [3.05, 3.63) is 35.4 Å². The maximum Gasteiger partial charge on any atom is 0.0386 e. The summed E-state index contributed by atoms with van der Waals surface area (Å²) in [6.45, 7) is 6.71. The molecule has 1 nitrogen and oxygen atoms in total. The zero-order valence-corrected chi connectivity index (χ0v) is 12.1. The van der Waals surface area contributed by atoms with E-state index in [1.54, 1.807) is 0 Å². The molecule has 1 aromatic rings. The van der Waals surface area contributed by atoms with Crippen LogP contribution in [0, 0.1) is 5.92 Å². The zero-order chi connectivity index (χ0) is 12.7. The lowest BCUT2D eigenvalue weighted by molar-refractivity contribution is 0.746. The van der Waals surface area contributed by atoms with Crippen LogP contribution in [0.3, 0.4) is 0 Å². The molecule has 1 rings (SSSR count). The summed E-state index contributed by atoms with van der Waals surface area (Å²) < 4.78 is 0. The van der Waals surface area contributed by atoms with Gasteiger partial charge in [0.05, 0.1) is 0 Å². The van der Waals surface area contributed by atoms with Crippen molar-refractivity contribution in [2.24, 2.45) is 11.7 Å². The van der Waals surface area contributed by atoms with Gasteiger partial charge >= 0.3 is 0 Å². The van der Waals surface area contributed by atoms with Crippen molar-refractivity contribution < 1.29 is 0 Å². The molecule has 0 amide bonds. The van der Waals surface area contributed by atoms with Crippen LogP contribution in [0.4, 0.5) is 0 Å². The third-order valence-corrected chi connectivity index (χ3v) is 4.19. The van der Waals surface area contributed by atoms with Crippen LogP contribution in [-0.2, 0) is 6.42 Å². The predicted octanol–water partition coefficient (Wildman–Crippen LogP) is 4.03. The van der Waals surface area contributed by atoms with Gasteiger partial charge in [-0.2, -0.15) is 11.8 Å². The Morgan fingerprint density at radius 1 is 1.12 bits per heavy atom. The van der Waals surface area contributed by atoms with Crippen molar-refractivity contribution in [1.29, 1.82) is 0 Å². The van der Waals surface area contributed by atoms with E-state index in [1.165, 1.54) is 23.3 Å². The number of aryl methyl sites for hydroxylation is 1. The van der Waals surface area contributed by atoms with Gasteiger partial charge in [-0.1, -0.05) is 51.5 Å². The summed E-state index contributed by atoms with van der Waals surface area (Å²) in [7, 11) is 0. The molecule has 17 heavy (non-hydrogen) atoms. The molecule has 2 N–H and O–H groups in total. The summed E-state index contributed by atoms with van der Waals surface area (Å²) in [5.74, 6) is 2.96. The minimum absolute atomic E-state index is 0.175. The van der Waals surface area contributed by atoms with Crippen molar-refractivity contribution in [3.8, 4) is 0 Å². The van der Waals surface area contributed by atoms with E-state index < -0.39 is 0 Å². The van der Waals surface area contributed by atoms with Gasteiger partial charge in [-0.3, -0.25) is 0 Å². The molecule has 0 saturated heterocycles. The van der Waals surface area contributed by atoms with Crippen LogP contribution < -0.4 is 5.73 Å². The van der Waals surface area contributed by atoms with Gasteiger partial charge in [-0.25, -0.2) is 0 Å². The summed E-state index contributed by atoms with van der Waals surface area (Å²) in [5, 5.41) is 0. The smallest absolute Gasteiger partial charge is 0.0386 e. The zero-order valence-electron chi connectivity index (χ0n) is 11.3. The molecule has 0 aliphatic heterocycles. The molecular formula is C15H25NS. The van der Waals surface area contributed by atoms with E-state index in [4.69, 9.17) is 5.73 Å². The van der Waals surface area contributed by atoms with E-state index in [1.807, 2.05) is 11.8 Å². The molecule has 1 atom stereocenters. The molecule has 0 saturated carbocycles. The Morgan fingerprint density at radius 2 is 1.76 bits per heavy atom. The van der Waals surface area contributed by atoms with Gasteiger partial charge in [-0.15, -0.1) is 0 Å². The van der Waals surface area contributed by atoms with E-state index in [9.17, 15) is 0 Å². The lowest BCUT2D eigenvalue weighted by Crippen LogP contribution is -2.13. The van der Waals surface area contributed by atoms with Gasteiger partial charge in [0.25, 0.3) is 0 Å². The van der Waals surface area contributed by atoms with Crippen LogP contribution in [0.5, 0.6) is 0 Å². The Kier molecular flexibility index (Phi) is 6.68. The fourth-order valence-corrected chi connectivity index (χ4v) is 2.80. The van der Waals surface area contributed by atoms with Crippen LogP contribution in [0.1, 0.15) is 44.4 Å². The highest BCUT2D eigenvalue weighted by Crippen LogP contribution is 2.18. The molecule has 0 aliphatic carbocycles. The minimum atomic E-state index is 0.175. The van der Waals surface area contributed by atoms with Crippen molar-refractivity contribution in [2.75, 3.05) is 11.5 Å². The number of rotatable bonds is 7. The van der Waals surface area contributed by atoms with Crippen molar-refractivity contribution in [3.63, 3.8) is 0 Å². The molecule has 0 fully saturated rings. The van der Waals surface area contributed by atoms with E-state index in [0.717, 1.165) is 18.1 Å². The third-order valence-electron chi connectivity index (χ3n) is 2.70. The normalized spacial score (nSPS) is 13.0. The summed E-state index contributed by atoms with van der Waals surface area (Å²) in [6.07, 6.45) is 2.37. The average Bonchev–Trinajstić information content (AvgIpc) is 2.30. The van der Waals surface area contributed by atoms with E-state index in [0.29, 0.717) is 0 Å². The third kappa shape index (κ3) is 5.60. The van der Waals surface area contributed by atoms with E-state index in [2.05, 4.69) is 45.0 Å². The van der Waals surface area contributed by atoms with Gasteiger partial charge in [-0.05, 0) is 29.2 Å². The Labute approximate surface area is 110 Å². The molecule has 0 heterocycles. The highest BCUT2D eigenvalue weighted by atomic mass is 32.2. The second-order valence-corrected chi connectivity index (χ2v) is 6.10. The standard InChI is InChI=1S/C15H25NS/c1-4-5-13-6-8-14(9-7-13)15(16)11-17-10-12(2)3/h6-9,12,15H,4-5,10-11,16H2,1-3H3. The number of nitrogens with two attached hydrogens (primary N) is 1. The molecule has 0 aromatic heterocycles. The average molecular weight is 251 g/mol. The maximum atomic E-state index is 6.18. The largest absolute Gasteiger partial charge is 0.323 e. The Hall–Kier alpha value is -0.470. The van der Waals surface area contributed by atoms with Crippen molar-refractivity contribution in [2.45, 2.75) is 39.7 Å². The first kappa shape index (κ1) is 14.6. The van der Waals surface area contributed by atoms with Crippen molar-refractivity contribution >= 4 is 11.8 Å². The highest BCUT2D eigenvalue weighted by molar-refractivity contribution is 7.99. The number of benzene rings is 1. The van der Waals surface area contributed by atoms with E-state index >= 15 is 0 Å². The predicted molar refractivity (Wildman–Crippen MR) is 79.5 cm³/mol. The fraction of sp³-hybridized carbons (Fsp3) is 0.600. The summed E-state index contributed by atoms with van der Waals surface area (Å²) in [6, 6.07) is 8.98. The molecule has 1 aromatic carbocycles. The maximum absolute atomic E-state index is 6.18. The van der Waals surface area contributed by atoms with Crippen LogP contribution in [0.2, 0.25) is 0 Å². The monoisotopic (exact) mass is 251 g/mol. The fourth-order valence-electron chi connectivity index (χ4n) is 1.75. The molecule has 0 radical (unpaired) electrons. The quantitative estimate of drug-likeness (QED) is 0.792. The lowest BCUT2D eigenvalue weighted by atomic mass is 10.0. The van der Waals surface area contributed by atoms with Crippen LogP contribution in [0.15, 0.2) is 24.3 Å². The number of hydrogen-bond donors (Lipinski definition) is 1. The van der Waals surface area contributed by atoms with Gasteiger partial charge in [0.15, 0.2) is 0 Å². The first-order valence-electron chi connectivity index (χ1n) is 6.55. The van der Waals surface area contributed by atoms with Crippen LogP contribution in [-0.4, -0.2) is 11.5 Å². The molecule has 0 spiro atoms. The minimum Gasteiger partial charge on any atom is -0.323 e. The summed E-state index contributed by atoms with van der Waals surface area (Å²) in [5.41, 5.74) is 8.86. The van der Waals surface area contributed by atoms with Gasteiger partial charge in [0.2, 0.25) is 0 Å². The number of thioether (sulfide) groups is 1. The molecule has 2 heteroatoms. The Bertz CT molecular complexity index is 305. The second kappa shape index (κ2) is 7.78.